The predicted molar refractivity (Wildman–Crippen MR) is 86.0 cm³/mol. The van der Waals surface area contributed by atoms with Crippen LogP contribution in [-0.2, 0) is 0 Å². The molecule has 19 heavy (non-hydrogen) atoms. The fraction of sp³-hybridized carbons (Fsp3) is 0.444. The number of allylic oxidation sites excluding steroid dienone is 4. The first-order valence-electron chi connectivity index (χ1n) is 7.54. The molecule has 2 aliphatic carbocycles. The lowest BCUT2D eigenvalue weighted by atomic mass is 9.86. The average Bonchev–Trinajstić information content (AvgIpc) is 2.85. The summed E-state index contributed by atoms with van der Waals surface area (Å²) >= 11 is 0. The molecule has 1 saturated carbocycles. The van der Waals surface area contributed by atoms with Gasteiger partial charge in [0.15, 0.2) is 0 Å². The van der Waals surface area contributed by atoms with E-state index in [1.165, 1.54) is 24.8 Å². The molecule has 1 aromatic rings. The Morgan fingerprint density at radius 3 is 2.42 bits per heavy atom. The van der Waals surface area contributed by atoms with Crippen LogP contribution in [0.3, 0.4) is 0 Å². The average molecular weight is 268 g/mol. The number of rotatable bonds is 2. The highest BCUT2D eigenvalue weighted by Crippen LogP contribution is 2.46. The van der Waals surface area contributed by atoms with Crippen LogP contribution in [0.2, 0.25) is 19.6 Å². The van der Waals surface area contributed by atoms with E-state index in [9.17, 15) is 0 Å². The van der Waals surface area contributed by atoms with E-state index in [2.05, 4.69) is 62.1 Å². The van der Waals surface area contributed by atoms with Gasteiger partial charge in [0, 0.05) is 5.92 Å². The van der Waals surface area contributed by atoms with Gasteiger partial charge in [-0.05, 0) is 30.7 Å². The van der Waals surface area contributed by atoms with E-state index >= 15 is 0 Å². The molecule has 0 saturated heterocycles. The van der Waals surface area contributed by atoms with Gasteiger partial charge in [-0.15, -0.1) is 0 Å². The summed E-state index contributed by atoms with van der Waals surface area (Å²) < 4.78 is 0. The van der Waals surface area contributed by atoms with Crippen molar-refractivity contribution < 1.29 is 0 Å². The quantitative estimate of drug-likeness (QED) is 0.503. The van der Waals surface area contributed by atoms with Gasteiger partial charge in [0.25, 0.3) is 0 Å². The Bertz CT molecular complexity index is 516. The predicted octanol–water partition coefficient (Wildman–Crippen LogP) is 5.31. The lowest BCUT2D eigenvalue weighted by Crippen LogP contribution is -2.31. The largest absolute Gasteiger partial charge is 0.0804 e. The molecule has 0 heterocycles. The maximum Gasteiger partial charge on any atom is 0.0736 e. The smallest absolute Gasteiger partial charge is 0.0736 e. The Labute approximate surface area is 118 Å². The number of hydrogen-bond acceptors (Lipinski definition) is 0. The van der Waals surface area contributed by atoms with Gasteiger partial charge in [-0.3, -0.25) is 0 Å². The van der Waals surface area contributed by atoms with Gasteiger partial charge in [-0.1, -0.05) is 72.9 Å². The molecule has 1 aromatic carbocycles. The van der Waals surface area contributed by atoms with Crippen molar-refractivity contribution in [1.29, 1.82) is 0 Å². The molecule has 0 amide bonds. The van der Waals surface area contributed by atoms with Gasteiger partial charge in [0.1, 0.15) is 0 Å². The van der Waals surface area contributed by atoms with Gasteiger partial charge < -0.3 is 0 Å². The summed E-state index contributed by atoms with van der Waals surface area (Å²) in [6.07, 6.45) is 9.09. The molecular formula is C18H24Si. The van der Waals surface area contributed by atoms with Crippen molar-refractivity contribution in [2.75, 3.05) is 0 Å². The number of benzene rings is 1. The Morgan fingerprint density at radius 2 is 1.74 bits per heavy atom. The van der Waals surface area contributed by atoms with Crippen LogP contribution in [0, 0.1) is 5.92 Å². The van der Waals surface area contributed by atoms with Crippen molar-refractivity contribution in [2.45, 2.75) is 44.8 Å². The molecule has 3 rings (SSSR count). The molecule has 0 nitrogen and oxygen atoms in total. The van der Waals surface area contributed by atoms with Crippen molar-refractivity contribution in [3.05, 3.63) is 58.8 Å². The normalized spacial score (nSPS) is 26.7. The summed E-state index contributed by atoms with van der Waals surface area (Å²) in [5.74, 6) is 1.32. The Morgan fingerprint density at radius 1 is 1.00 bits per heavy atom. The van der Waals surface area contributed by atoms with Crippen LogP contribution < -0.4 is 0 Å². The summed E-state index contributed by atoms with van der Waals surface area (Å²) in [7, 11) is -1.26. The third kappa shape index (κ3) is 2.36. The maximum atomic E-state index is 2.51. The van der Waals surface area contributed by atoms with Crippen LogP contribution >= 0.6 is 0 Å². The standard InChI is InChI=1S/C18H24Si/c1-19(2,3)18-16-11-7-10-15(16)12-13-17(18)14-8-5-4-6-9-14/h4-6,8-9,12-13,15,17H,7,10-11H2,1-3H3/t15-,17+/m0/s1. The molecule has 0 radical (unpaired) electrons. The highest BCUT2D eigenvalue weighted by molar-refractivity contribution is 6.83. The van der Waals surface area contributed by atoms with Gasteiger partial charge in [-0.2, -0.15) is 0 Å². The summed E-state index contributed by atoms with van der Waals surface area (Å²) in [5.41, 5.74) is 3.28. The zero-order valence-corrected chi connectivity index (χ0v) is 13.3. The second-order valence-electron chi connectivity index (χ2n) is 6.96. The summed E-state index contributed by atoms with van der Waals surface area (Å²) in [6.45, 7) is 7.54. The Kier molecular flexibility index (Phi) is 3.26. The molecule has 100 valence electrons. The monoisotopic (exact) mass is 268 g/mol. The van der Waals surface area contributed by atoms with E-state index in [1.807, 2.05) is 5.20 Å². The van der Waals surface area contributed by atoms with Crippen molar-refractivity contribution >= 4 is 8.07 Å². The van der Waals surface area contributed by atoms with Gasteiger partial charge in [0.05, 0.1) is 8.07 Å². The fourth-order valence-electron chi connectivity index (χ4n) is 3.85. The third-order valence-electron chi connectivity index (χ3n) is 4.57. The van der Waals surface area contributed by atoms with Crippen LogP contribution in [0.4, 0.5) is 0 Å². The van der Waals surface area contributed by atoms with Gasteiger partial charge >= 0.3 is 0 Å². The molecule has 0 unspecified atom stereocenters. The van der Waals surface area contributed by atoms with Crippen molar-refractivity contribution in [1.82, 2.24) is 0 Å². The van der Waals surface area contributed by atoms with Crippen LogP contribution in [0.5, 0.6) is 0 Å². The van der Waals surface area contributed by atoms with E-state index < -0.39 is 8.07 Å². The van der Waals surface area contributed by atoms with Crippen LogP contribution in [0.15, 0.2) is 53.3 Å². The van der Waals surface area contributed by atoms with Crippen LogP contribution in [-0.4, -0.2) is 8.07 Å². The molecule has 0 aliphatic heterocycles. The molecule has 2 aliphatic rings. The molecular weight excluding hydrogens is 244 g/mol. The number of fused-ring (bicyclic) bond motifs is 1. The van der Waals surface area contributed by atoms with E-state index in [0.717, 1.165) is 5.92 Å². The molecule has 0 spiro atoms. The first kappa shape index (κ1) is 12.9. The molecule has 1 heteroatoms. The molecule has 0 bridgehead atoms. The highest BCUT2D eigenvalue weighted by atomic mass is 28.3. The molecule has 0 aromatic heterocycles. The van der Waals surface area contributed by atoms with Gasteiger partial charge in [-0.25, -0.2) is 0 Å². The fourth-order valence-corrected chi connectivity index (χ4v) is 6.32. The third-order valence-corrected chi connectivity index (χ3v) is 6.82. The van der Waals surface area contributed by atoms with E-state index in [4.69, 9.17) is 0 Å². The second kappa shape index (κ2) is 4.79. The summed E-state index contributed by atoms with van der Waals surface area (Å²) in [5, 5.41) is 1.82. The van der Waals surface area contributed by atoms with Crippen LogP contribution in [0.1, 0.15) is 30.7 Å². The molecule has 1 fully saturated rings. The lowest BCUT2D eigenvalue weighted by Gasteiger charge is -2.34. The van der Waals surface area contributed by atoms with Crippen molar-refractivity contribution in [2.24, 2.45) is 5.92 Å². The zero-order chi connectivity index (χ0) is 13.5. The second-order valence-corrected chi connectivity index (χ2v) is 12.0. The topological polar surface area (TPSA) is 0 Å². The first-order valence-corrected chi connectivity index (χ1v) is 11.0. The van der Waals surface area contributed by atoms with E-state index in [0.29, 0.717) is 5.92 Å². The summed E-state index contributed by atoms with van der Waals surface area (Å²) in [6, 6.07) is 11.1. The molecule has 2 atom stereocenters. The maximum absolute atomic E-state index is 2.51. The Balaban J connectivity index is 2.10. The number of hydrogen-bond donors (Lipinski definition) is 0. The minimum atomic E-state index is -1.26. The minimum Gasteiger partial charge on any atom is -0.0804 e. The lowest BCUT2D eigenvalue weighted by molar-refractivity contribution is 0.741. The first-order chi connectivity index (χ1) is 9.07. The summed E-state index contributed by atoms with van der Waals surface area (Å²) in [4.78, 5) is 0. The van der Waals surface area contributed by atoms with E-state index in [1.54, 1.807) is 5.57 Å². The minimum absolute atomic E-state index is 0.553. The highest BCUT2D eigenvalue weighted by Gasteiger charge is 2.35. The van der Waals surface area contributed by atoms with Crippen molar-refractivity contribution in [3.8, 4) is 0 Å². The SMILES string of the molecule is C[Si](C)(C)C1=C2CCC[C@H]2C=C[C@@H]1c1ccccc1. The zero-order valence-electron chi connectivity index (χ0n) is 12.3. The molecule has 0 N–H and O–H groups in total. The van der Waals surface area contributed by atoms with E-state index in [-0.39, 0.29) is 0 Å². The Hall–Kier alpha value is -1.08. The van der Waals surface area contributed by atoms with Gasteiger partial charge in [0.2, 0.25) is 0 Å². The van der Waals surface area contributed by atoms with Crippen LogP contribution in [0.25, 0.3) is 0 Å². The van der Waals surface area contributed by atoms with Crippen molar-refractivity contribution in [3.63, 3.8) is 0 Å².